The maximum atomic E-state index is 11.6. The predicted octanol–water partition coefficient (Wildman–Crippen LogP) is -0.0370. The van der Waals surface area contributed by atoms with Crippen molar-refractivity contribution >= 4 is 0 Å². The second kappa shape index (κ2) is 4.89. The van der Waals surface area contributed by atoms with E-state index in [2.05, 4.69) is 10.1 Å². The molecule has 0 aromatic carbocycles. The van der Waals surface area contributed by atoms with Gasteiger partial charge < -0.3 is 4.52 Å². The lowest BCUT2D eigenvalue weighted by Gasteiger charge is -2.00. The van der Waals surface area contributed by atoms with Gasteiger partial charge in [-0.1, -0.05) is 19.0 Å². The molecule has 2 aromatic heterocycles. The molecule has 8 nitrogen and oxygen atoms in total. The second-order valence-corrected chi connectivity index (χ2v) is 4.24. The second-order valence-electron chi connectivity index (χ2n) is 4.24. The zero-order valence-electron chi connectivity index (χ0n) is 10.4. The zero-order valence-corrected chi connectivity index (χ0v) is 10.4. The van der Waals surface area contributed by atoms with Crippen LogP contribution in [0.15, 0.2) is 20.3 Å². The van der Waals surface area contributed by atoms with Gasteiger partial charge in [0.1, 0.15) is 18.2 Å². The maximum Gasteiger partial charge on any atom is 0.328 e. The Kier molecular flexibility index (Phi) is 3.29. The minimum absolute atomic E-state index is 0.00398. The molecule has 0 aliphatic carbocycles. The standard InChI is InChI=1S/C11H11N5O3/c1-6(2)9-13-8(19-15-9)5-16-4-7(3-12)10(17)14-11(16)18/h4,6H,5H2,1-2H3,(H,14,17,18). The summed E-state index contributed by atoms with van der Waals surface area (Å²) in [5.41, 5.74) is -1.49. The van der Waals surface area contributed by atoms with Crippen LogP contribution in [0.2, 0.25) is 0 Å². The van der Waals surface area contributed by atoms with Gasteiger partial charge in [-0.3, -0.25) is 14.3 Å². The number of nitriles is 1. The summed E-state index contributed by atoms with van der Waals surface area (Å²) in [5.74, 6) is 0.884. The third-order valence-corrected chi connectivity index (χ3v) is 2.44. The Labute approximate surface area is 107 Å². The molecule has 0 fully saturated rings. The molecule has 0 saturated heterocycles. The van der Waals surface area contributed by atoms with Crippen molar-refractivity contribution in [1.29, 1.82) is 5.26 Å². The van der Waals surface area contributed by atoms with Crippen LogP contribution in [-0.2, 0) is 6.54 Å². The van der Waals surface area contributed by atoms with Crippen LogP contribution in [0.25, 0.3) is 0 Å². The molecule has 0 unspecified atom stereocenters. The van der Waals surface area contributed by atoms with E-state index < -0.39 is 11.2 Å². The van der Waals surface area contributed by atoms with E-state index in [0.717, 1.165) is 4.57 Å². The summed E-state index contributed by atoms with van der Waals surface area (Å²) in [5, 5.41) is 12.5. The Morgan fingerprint density at radius 1 is 1.53 bits per heavy atom. The fraction of sp³-hybridized carbons (Fsp3) is 0.364. The number of H-pyrrole nitrogens is 1. The number of aromatic amines is 1. The highest BCUT2D eigenvalue weighted by Crippen LogP contribution is 2.09. The largest absolute Gasteiger partial charge is 0.337 e. The smallest absolute Gasteiger partial charge is 0.328 e. The van der Waals surface area contributed by atoms with Crippen molar-refractivity contribution < 1.29 is 4.52 Å². The first kappa shape index (κ1) is 12.8. The molecule has 0 amide bonds. The number of hydrogen-bond donors (Lipinski definition) is 1. The molecule has 0 bridgehead atoms. The third-order valence-electron chi connectivity index (χ3n) is 2.44. The molecule has 0 spiro atoms. The number of hydrogen-bond acceptors (Lipinski definition) is 6. The molecule has 2 aromatic rings. The highest BCUT2D eigenvalue weighted by Gasteiger charge is 2.11. The number of nitrogens with one attached hydrogen (secondary N) is 1. The van der Waals surface area contributed by atoms with Crippen LogP contribution in [0.1, 0.15) is 37.0 Å². The van der Waals surface area contributed by atoms with Crippen LogP contribution in [-0.4, -0.2) is 19.7 Å². The molecule has 0 aliphatic rings. The number of aromatic nitrogens is 4. The van der Waals surface area contributed by atoms with Crippen molar-refractivity contribution in [3.63, 3.8) is 0 Å². The van der Waals surface area contributed by atoms with Gasteiger partial charge in [-0.25, -0.2) is 4.79 Å². The lowest BCUT2D eigenvalue weighted by atomic mass is 10.2. The van der Waals surface area contributed by atoms with Gasteiger partial charge in [0, 0.05) is 12.1 Å². The SMILES string of the molecule is CC(C)c1noc(Cn2cc(C#N)c(=O)[nH]c2=O)n1. The van der Waals surface area contributed by atoms with Crippen LogP contribution < -0.4 is 11.2 Å². The van der Waals surface area contributed by atoms with Gasteiger partial charge in [-0.05, 0) is 0 Å². The van der Waals surface area contributed by atoms with Gasteiger partial charge in [0.15, 0.2) is 5.82 Å². The minimum atomic E-state index is -0.711. The highest BCUT2D eigenvalue weighted by atomic mass is 16.5. The summed E-state index contributed by atoms with van der Waals surface area (Å²) < 4.78 is 6.13. The fourth-order valence-electron chi connectivity index (χ4n) is 1.42. The van der Waals surface area contributed by atoms with Crippen LogP contribution in [0.5, 0.6) is 0 Å². The summed E-state index contributed by atoms with van der Waals surface area (Å²) in [6, 6.07) is 1.70. The van der Waals surface area contributed by atoms with Gasteiger partial charge in [0.25, 0.3) is 5.56 Å². The average molecular weight is 261 g/mol. The Balaban J connectivity index is 2.35. The topological polar surface area (TPSA) is 118 Å². The van der Waals surface area contributed by atoms with E-state index >= 15 is 0 Å². The molecular formula is C11H11N5O3. The predicted molar refractivity (Wildman–Crippen MR) is 63.5 cm³/mol. The van der Waals surface area contributed by atoms with E-state index in [0.29, 0.717) is 5.82 Å². The molecular weight excluding hydrogens is 250 g/mol. The molecule has 0 aliphatic heterocycles. The lowest BCUT2D eigenvalue weighted by Crippen LogP contribution is -2.31. The van der Waals surface area contributed by atoms with E-state index in [-0.39, 0.29) is 23.9 Å². The van der Waals surface area contributed by atoms with Crippen molar-refractivity contribution in [1.82, 2.24) is 19.7 Å². The Hall–Kier alpha value is -2.69. The van der Waals surface area contributed by atoms with Crippen LogP contribution in [0.4, 0.5) is 0 Å². The molecule has 1 N–H and O–H groups in total. The van der Waals surface area contributed by atoms with Gasteiger partial charge in [0.2, 0.25) is 5.89 Å². The van der Waals surface area contributed by atoms with Crippen molar-refractivity contribution in [3.05, 3.63) is 44.3 Å². The lowest BCUT2D eigenvalue weighted by molar-refractivity contribution is 0.362. The van der Waals surface area contributed by atoms with E-state index in [9.17, 15) is 9.59 Å². The third kappa shape index (κ3) is 2.60. The van der Waals surface area contributed by atoms with E-state index in [1.165, 1.54) is 6.20 Å². The summed E-state index contributed by atoms with van der Waals surface area (Å²) in [4.78, 5) is 28.9. The molecule has 19 heavy (non-hydrogen) atoms. The minimum Gasteiger partial charge on any atom is -0.337 e. The maximum absolute atomic E-state index is 11.6. The van der Waals surface area contributed by atoms with Crippen molar-refractivity contribution in [2.75, 3.05) is 0 Å². The molecule has 0 radical (unpaired) electrons. The Morgan fingerprint density at radius 3 is 2.84 bits per heavy atom. The van der Waals surface area contributed by atoms with Gasteiger partial charge >= 0.3 is 5.69 Å². The van der Waals surface area contributed by atoms with Crippen LogP contribution in [0.3, 0.4) is 0 Å². The normalized spacial score (nSPS) is 10.6. The Morgan fingerprint density at radius 2 is 2.26 bits per heavy atom. The van der Waals surface area contributed by atoms with Crippen molar-refractivity contribution in [3.8, 4) is 6.07 Å². The van der Waals surface area contributed by atoms with Crippen molar-refractivity contribution in [2.45, 2.75) is 26.3 Å². The first-order valence-corrected chi connectivity index (χ1v) is 5.57. The van der Waals surface area contributed by atoms with E-state index in [1.807, 2.05) is 18.8 Å². The quantitative estimate of drug-likeness (QED) is 0.828. The molecule has 2 rings (SSSR count). The van der Waals surface area contributed by atoms with Gasteiger partial charge in [-0.15, -0.1) is 0 Å². The highest BCUT2D eigenvalue weighted by molar-refractivity contribution is 5.21. The van der Waals surface area contributed by atoms with Crippen LogP contribution >= 0.6 is 0 Å². The van der Waals surface area contributed by atoms with Gasteiger partial charge in [-0.2, -0.15) is 10.2 Å². The van der Waals surface area contributed by atoms with Crippen molar-refractivity contribution in [2.24, 2.45) is 0 Å². The zero-order chi connectivity index (χ0) is 14.0. The molecule has 2 heterocycles. The summed E-state index contributed by atoms with van der Waals surface area (Å²) in [7, 11) is 0. The number of nitrogens with zero attached hydrogens (tertiary/aromatic N) is 4. The first-order chi connectivity index (χ1) is 9.01. The monoisotopic (exact) mass is 261 g/mol. The summed E-state index contributed by atoms with van der Waals surface area (Å²) in [6.45, 7) is 3.83. The molecule has 0 saturated carbocycles. The van der Waals surface area contributed by atoms with E-state index in [1.54, 1.807) is 6.07 Å². The summed E-state index contributed by atoms with van der Waals surface area (Å²) >= 11 is 0. The molecule has 8 heteroatoms. The summed E-state index contributed by atoms with van der Waals surface area (Å²) in [6.07, 6.45) is 1.17. The van der Waals surface area contributed by atoms with Crippen LogP contribution in [0, 0.1) is 11.3 Å². The molecule has 0 atom stereocenters. The first-order valence-electron chi connectivity index (χ1n) is 5.57. The number of rotatable bonds is 3. The fourth-order valence-corrected chi connectivity index (χ4v) is 1.42. The Bertz CT molecular complexity index is 747. The van der Waals surface area contributed by atoms with E-state index in [4.69, 9.17) is 9.78 Å². The average Bonchev–Trinajstić information content (AvgIpc) is 2.81. The molecule has 98 valence electrons. The van der Waals surface area contributed by atoms with Gasteiger partial charge in [0.05, 0.1) is 0 Å².